The Labute approximate surface area is 179 Å². The number of carbonyl (C=O) groups is 2. The van der Waals surface area contributed by atoms with Crippen LogP contribution in [0.1, 0.15) is 45.9 Å². The third kappa shape index (κ3) is 5.74. The molecule has 0 bridgehead atoms. The molecule has 0 radical (unpaired) electrons. The summed E-state index contributed by atoms with van der Waals surface area (Å²) in [5.74, 6) is -0.0751. The molecule has 0 saturated heterocycles. The van der Waals surface area contributed by atoms with Gasteiger partial charge in [-0.1, -0.05) is 12.1 Å². The maximum atomic E-state index is 12.5. The second kappa shape index (κ2) is 10.1. The number of nitriles is 1. The van der Waals surface area contributed by atoms with Crippen LogP contribution in [0.5, 0.6) is 5.75 Å². The quantitative estimate of drug-likeness (QED) is 0.374. The van der Waals surface area contributed by atoms with Crippen LogP contribution in [0.2, 0.25) is 0 Å². The number of hydrogen-bond acceptors (Lipinski definition) is 7. The molecule has 30 heavy (non-hydrogen) atoms. The van der Waals surface area contributed by atoms with Crippen molar-refractivity contribution in [3.63, 3.8) is 0 Å². The molecule has 0 atom stereocenters. The van der Waals surface area contributed by atoms with Crippen molar-refractivity contribution in [1.29, 1.82) is 5.26 Å². The van der Waals surface area contributed by atoms with Crippen LogP contribution in [-0.4, -0.2) is 42.9 Å². The Morgan fingerprint density at radius 2 is 2.13 bits per heavy atom. The van der Waals surface area contributed by atoms with Crippen LogP contribution in [0.4, 0.5) is 0 Å². The molecule has 0 spiro atoms. The van der Waals surface area contributed by atoms with Crippen molar-refractivity contribution in [3.05, 3.63) is 52.7 Å². The molecule has 1 saturated carbocycles. The molecular formula is C22H23N3O4S. The molecule has 2 aromatic rings. The maximum Gasteiger partial charge on any atom is 0.340 e. The minimum atomic E-state index is -0.697. The summed E-state index contributed by atoms with van der Waals surface area (Å²) in [7, 11) is 0. The van der Waals surface area contributed by atoms with Crippen LogP contribution in [0.15, 0.2) is 35.4 Å². The summed E-state index contributed by atoms with van der Waals surface area (Å²) >= 11 is 1.31. The van der Waals surface area contributed by atoms with Gasteiger partial charge in [-0.15, -0.1) is 11.8 Å². The van der Waals surface area contributed by atoms with Gasteiger partial charge in [-0.05, 0) is 49.8 Å². The predicted octanol–water partition coefficient (Wildman–Crippen LogP) is 3.21. The maximum absolute atomic E-state index is 12.5. The minimum absolute atomic E-state index is 0.161. The number of pyridine rings is 1. The lowest BCUT2D eigenvalue weighted by molar-refractivity contribution is -0.124. The Kier molecular flexibility index (Phi) is 7.31. The number of hydrogen-bond donors (Lipinski definition) is 1. The van der Waals surface area contributed by atoms with E-state index >= 15 is 0 Å². The van der Waals surface area contributed by atoms with Crippen LogP contribution < -0.4 is 10.1 Å². The van der Waals surface area contributed by atoms with E-state index in [2.05, 4.69) is 10.3 Å². The highest BCUT2D eigenvalue weighted by atomic mass is 32.2. The molecule has 1 aromatic carbocycles. The van der Waals surface area contributed by atoms with Gasteiger partial charge in [0.05, 0.1) is 17.7 Å². The lowest BCUT2D eigenvalue weighted by Crippen LogP contribution is -2.32. The van der Waals surface area contributed by atoms with E-state index in [0.717, 1.165) is 29.8 Å². The molecule has 8 heteroatoms. The van der Waals surface area contributed by atoms with E-state index in [4.69, 9.17) is 9.47 Å². The Bertz CT molecular complexity index is 983. The lowest BCUT2D eigenvalue weighted by Gasteiger charge is -2.11. The van der Waals surface area contributed by atoms with Gasteiger partial charge in [0.1, 0.15) is 23.5 Å². The fraction of sp³-hybridized carbons (Fsp3) is 0.364. The van der Waals surface area contributed by atoms with E-state index in [9.17, 15) is 14.9 Å². The predicted molar refractivity (Wildman–Crippen MR) is 113 cm³/mol. The summed E-state index contributed by atoms with van der Waals surface area (Å²) in [6, 6.07) is 11.3. The number of benzene rings is 1. The number of nitrogens with one attached hydrogen (secondary N) is 1. The smallest absolute Gasteiger partial charge is 0.340 e. The van der Waals surface area contributed by atoms with Gasteiger partial charge in [0, 0.05) is 11.6 Å². The fourth-order valence-electron chi connectivity index (χ4n) is 2.87. The number of esters is 1. The molecule has 1 aliphatic carbocycles. The number of aryl methyl sites for hydroxylation is 1. The van der Waals surface area contributed by atoms with Gasteiger partial charge >= 0.3 is 5.97 Å². The summed E-state index contributed by atoms with van der Waals surface area (Å²) < 4.78 is 10.7. The summed E-state index contributed by atoms with van der Waals surface area (Å²) in [5, 5.41) is 12.6. The number of rotatable bonds is 9. The topological polar surface area (TPSA) is 101 Å². The van der Waals surface area contributed by atoms with Crippen molar-refractivity contribution in [1.82, 2.24) is 10.3 Å². The van der Waals surface area contributed by atoms with E-state index in [1.165, 1.54) is 11.8 Å². The number of ether oxygens (including phenoxy) is 2. The highest BCUT2D eigenvalue weighted by Crippen LogP contribution is 2.40. The van der Waals surface area contributed by atoms with Crippen molar-refractivity contribution in [2.24, 2.45) is 0 Å². The SMILES string of the molecule is CSc1nc(C2CC2)cc(C(=O)OCC(=O)NCCOc2cccc(C)c2)c1C#N. The monoisotopic (exact) mass is 425 g/mol. The summed E-state index contributed by atoms with van der Waals surface area (Å²) in [6.07, 6.45) is 3.85. The molecular weight excluding hydrogens is 402 g/mol. The molecule has 1 fully saturated rings. The summed E-state index contributed by atoms with van der Waals surface area (Å²) in [6.45, 7) is 2.13. The molecule has 0 unspecified atom stereocenters. The van der Waals surface area contributed by atoms with Crippen LogP contribution in [-0.2, 0) is 9.53 Å². The van der Waals surface area contributed by atoms with Crippen LogP contribution in [0.3, 0.4) is 0 Å². The molecule has 1 heterocycles. The van der Waals surface area contributed by atoms with E-state index in [1.807, 2.05) is 37.3 Å². The molecule has 1 N–H and O–H groups in total. The number of aromatic nitrogens is 1. The zero-order valence-corrected chi connectivity index (χ0v) is 17.8. The van der Waals surface area contributed by atoms with Crippen LogP contribution >= 0.6 is 11.8 Å². The van der Waals surface area contributed by atoms with Gasteiger partial charge in [-0.2, -0.15) is 5.26 Å². The van der Waals surface area contributed by atoms with Gasteiger partial charge in [0.25, 0.3) is 5.91 Å². The Morgan fingerprint density at radius 3 is 2.80 bits per heavy atom. The molecule has 156 valence electrons. The first-order valence-corrected chi connectivity index (χ1v) is 10.9. The fourth-order valence-corrected chi connectivity index (χ4v) is 3.43. The summed E-state index contributed by atoms with van der Waals surface area (Å²) in [5.41, 5.74) is 2.23. The van der Waals surface area contributed by atoms with Crippen molar-refractivity contribution in [2.45, 2.75) is 30.7 Å². The second-order valence-corrected chi connectivity index (χ2v) is 7.75. The first-order valence-electron chi connectivity index (χ1n) is 9.64. The number of amides is 1. The molecule has 1 aliphatic rings. The number of thioether (sulfide) groups is 1. The minimum Gasteiger partial charge on any atom is -0.492 e. The first-order chi connectivity index (χ1) is 14.5. The van der Waals surface area contributed by atoms with Gasteiger partial charge in [-0.25, -0.2) is 9.78 Å². The van der Waals surface area contributed by atoms with Gasteiger partial charge < -0.3 is 14.8 Å². The van der Waals surface area contributed by atoms with Crippen LogP contribution in [0.25, 0.3) is 0 Å². The molecule has 0 aliphatic heterocycles. The number of carbonyl (C=O) groups excluding carboxylic acids is 2. The van der Waals surface area contributed by atoms with Crippen molar-refractivity contribution in [2.75, 3.05) is 26.0 Å². The highest BCUT2D eigenvalue weighted by Gasteiger charge is 2.29. The Balaban J connectivity index is 1.50. The number of nitrogens with zero attached hydrogens (tertiary/aromatic N) is 2. The highest BCUT2D eigenvalue weighted by molar-refractivity contribution is 7.98. The molecule has 1 aromatic heterocycles. The first kappa shape index (κ1) is 21.7. The zero-order chi connectivity index (χ0) is 21.5. The lowest BCUT2D eigenvalue weighted by atomic mass is 10.1. The normalized spacial score (nSPS) is 12.7. The van der Waals surface area contributed by atoms with E-state index in [0.29, 0.717) is 17.6 Å². The standard InChI is InChI=1S/C22H23N3O4S/c1-14-4-3-5-16(10-14)28-9-8-24-20(26)13-29-22(27)17-11-19(15-6-7-15)25-21(30-2)18(17)12-23/h3-5,10-11,15H,6-9,13H2,1-2H3,(H,24,26). The third-order valence-electron chi connectivity index (χ3n) is 4.54. The Hall–Kier alpha value is -3.05. The average molecular weight is 426 g/mol. The average Bonchev–Trinajstić information content (AvgIpc) is 3.59. The molecule has 3 rings (SSSR count). The molecule has 7 nitrogen and oxygen atoms in total. The zero-order valence-electron chi connectivity index (χ0n) is 16.9. The van der Waals surface area contributed by atoms with Gasteiger partial charge in [0.2, 0.25) is 0 Å². The van der Waals surface area contributed by atoms with Gasteiger partial charge in [0.15, 0.2) is 6.61 Å². The van der Waals surface area contributed by atoms with E-state index < -0.39 is 18.5 Å². The van der Waals surface area contributed by atoms with Crippen molar-refractivity contribution in [3.8, 4) is 11.8 Å². The van der Waals surface area contributed by atoms with Crippen molar-refractivity contribution < 1.29 is 19.1 Å². The summed E-state index contributed by atoms with van der Waals surface area (Å²) in [4.78, 5) is 29.0. The second-order valence-electron chi connectivity index (χ2n) is 6.96. The van der Waals surface area contributed by atoms with Crippen molar-refractivity contribution >= 4 is 23.6 Å². The Morgan fingerprint density at radius 1 is 1.33 bits per heavy atom. The van der Waals surface area contributed by atoms with E-state index in [1.54, 1.807) is 12.3 Å². The molecule has 1 amide bonds. The van der Waals surface area contributed by atoms with Crippen LogP contribution in [0, 0.1) is 18.3 Å². The van der Waals surface area contributed by atoms with Gasteiger partial charge in [-0.3, -0.25) is 4.79 Å². The third-order valence-corrected chi connectivity index (χ3v) is 5.23. The van der Waals surface area contributed by atoms with E-state index in [-0.39, 0.29) is 17.7 Å². The largest absolute Gasteiger partial charge is 0.492 e.